The van der Waals surface area contributed by atoms with E-state index in [4.69, 9.17) is 41.5 Å². The summed E-state index contributed by atoms with van der Waals surface area (Å²) in [6.45, 7) is 0. The minimum atomic E-state index is 0. The van der Waals surface area contributed by atoms with E-state index in [0.29, 0.717) is 5.66 Å². The maximum atomic E-state index is 9.14. The van der Waals surface area contributed by atoms with E-state index in [0.717, 1.165) is 191 Å². The fourth-order valence-corrected chi connectivity index (χ4v) is 21.6. The third kappa shape index (κ3) is 15.3. The summed E-state index contributed by atoms with van der Waals surface area (Å²) in [4.78, 5) is 6.76. The van der Waals surface area contributed by atoms with Crippen molar-refractivity contribution < 1.29 is 23.8 Å². The first-order valence-electron chi connectivity index (χ1n) is 47.5. The third-order valence-electron chi connectivity index (χ3n) is 27.4. The molecular weight excluding hydrogens is 1800 g/mol. The molecule has 0 bridgehead atoms. The van der Waals surface area contributed by atoms with Crippen LogP contribution < -0.4 is 20.4 Å². The average Bonchev–Trinajstić information content (AvgIpc) is 1.55. The molecule has 0 spiro atoms. The lowest BCUT2D eigenvalue weighted by atomic mass is 9.98. The smallest absolute Gasteiger partial charge is 0.373 e. The molecular formula is C128H85BCl2N7O5. The van der Waals surface area contributed by atoms with Crippen molar-refractivity contribution >= 4 is 229 Å². The van der Waals surface area contributed by atoms with Crippen LogP contribution in [0.25, 0.3) is 187 Å². The SMILES string of the molecule is Clc1ccc2c3c4ccc5c(c4ccc3n(-c3ccccc3)c2c1)c1ccc(Cl)cc1n5-c1ccccc1.O.O[B]c1cc2cc(N(c3ccccc3)c3ccccc3)ccc2o1.c1ccc(N(c2ccccc2)c2ccc3oc(-c4ccc5c6c7ccc8c(c7ccc6n(-c6ccccc6)c5c4)c4ccc(-c5cc6cc(N(c7ccccc7)c7ccccc7)ccc6o5)cc4n8-c4ccccc4)cc3c2)cc1. The third-order valence-corrected chi connectivity index (χ3v) is 27.8. The van der Waals surface area contributed by atoms with E-state index in [2.05, 4.69) is 452 Å². The number of para-hydroxylation sites is 10. The van der Waals surface area contributed by atoms with Crippen LogP contribution in [0.4, 0.5) is 51.2 Å². The zero-order chi connectivity index (χ0) is 94.4. The van der Waals surface area contributed by atoms with E-state index in [1.165, 1.54) is 64.6 Å². The zero-order valence-corrected chi connectivity index (χ0v) is 78.5. The van der Waals surface area contributed by atoms with Crippen molar-refractivity contribution in [2.24, 2.45) is 0 Å². The minimum Gasteiger partial charge on any atom is -0.469 e. The van der Waals surface area contributed by atoms with Gasteiger partial charge in [0.25, 0.3) is 0 Å². The van der Waals surface area contributed by atoms with Crippen LogP contribution >= 0.6 is 23.2 Å². The summed E-state index contributed by atoms with van der Waals surface area (Å²) >= 11 is 13.0. The molecule has 28 rings (SSSR count). The topological polar surface area (TPSA) is 121 Å². The van der Waals surface area contributed by atoms with Gasteiger partial charge in [0.15, 0.2) is 0 Å². The average molecular weight is 1880 g/mol. The van der Waals surface area contributed by atoms with E-state index >= 15 is 0 Å². The van der Waals surface area contributed by atoms with E-state index < -0.39 is 0 Å². The van der Waals surface area contributed by atoms with Crippen molar-refractivity contribution in [2.45, 2.75) is 0 Å². The molecule has 679 valence electrons. The first-order valence-corrected chi connectivity index (χ1v) is 48.2. The van der Waals surface area contributed by atoms with Gasteiger partial charge in [-0.25, -0.2) is 0 Å². The molecule has 0 fully saturated rings. The lowest BCUT2D eigenvalue weighted by Crippen LogP contribution is -2.09. The summed E-state index contributed by atoms with van der Waals surface area (Å²) in [6.07, 6.45) is 0. The van der Waals surface area contributed by atoms with Crippen molar-refractivity contribution in [1.29, 1.82) is 0 Å². The lowest BCUT2D eigenvalue weighted by molar-refractivity contribution is 0.584. The molecule has 0 saturated carbocycles. The quantitative estimate of drug-likeness (QED) is 0.0957. The standard InChI is InChI=1S/C74H48N4O2.C34H20Cl2N2.C20H15BNO2.H2O/c1-7-19-53(20-8-1)75(54-21-9-2-10-22-54)59-33-41-69-51(43-59)47-71(79-69)49-31-35-63-67(45-49)77(57-27-15-5-16-28-57)65-39-37-62-61(73(63)65)38-40-66-74(62)64-36-32-50(46-68(64)78(66)58-29-17-6-18-30-58)72-48-52-44-60(34-42-70(52)80-72)76(55-23-11-3-12-24-55)56-25-13-4-14-26-56;35-21-11-13-27-31(19-21)37(23-7-3-1-4-8-23)29-17-15-26-25(33(27)29)16-18-30-34(26)28-14-12-22(36)20-32(28)38(30)24-9-5-2-6-10-24;23-21-20-14-15-13-18(11-12-19(15)24-20)22(16-7-3-1-4-8-16)17-9-5-2-6-10-17;/h1-48H;1-20H;1-14,23H;1H2. The number of anilines is 9. The summed E-state index contributed by atoms with van der Waals surface area (Å²) in [5.74, 6) is 1.64. The Balaban J connectivity index is 0.000000139. The van der Waals surface area contributed by atoms with Gasteiger partial charge in [-0.2, -0.15) is 0 Å². The highest BCUT2D eigenvalue weighted by atomic mass is 35.5. The Kier molecular flexibility index (Phi) is 22.0. The number of hydrogen-bond acceptors (Lipinski definition) is 7. The first kappa shape index (κ1) is 86.5. The zero-order valence-electron chi connectivity index (χ0n) is 77.0. The monoisotopic (exact) mass is 1880 g/mol. The highest BCUT2D eigenvalue weighted by Gasteiger charge is 2.27. The van der Waals surface area contributed by atoms with Crippen LogP contribution in [0, 0.1) is 0 Å². The Morgan fingerprint density at radius 3 is 0.713 bits per heavy atom. The fourth-order valence-electron chi connectivity index (χ4n) is 21.2. The normalized spacial score (nSPS) is 11.5. The van der Waals surface area contributed by atoms with Crippen LogP contribution in [0.3, 0.4) is 0 Å². The van der Waals surface area contributed by atoms with Gasteiger partial charge in [-0.3, -0.25) is 0 Å². The van der Waals surface area contributed by atoms with Gasteiger partial charge in [-0.15, -0.1) is 0 Å². The maximum absolute atomic E-state index is 9.14. The molecule has 0 aliphatic carbocycles. The number of aromatic nitrogens is 4. The van der Waals surface area contributed by atoms with Crippen molar-refractivity contribution in [3.8, 4) is 45.4 Å². The Morgan fingerprint density at radius 2 is 0.441 bits per heavy atom. The number of nitrogens with zero attached hydrogens (tertiary/aromatic N) is 7. The molecule has 3 N–H and O–H groups in total. The molecule has 143 heavy (non-hydrogen) atoms. The molecule has 1 radical (unpaired) electrons. The summed E-state index contributed by atoms with van der Waals surface area (Å²) in [7, 11) is 0.978. The van der Waals surface area contributed by atoms with Crippen molar-refractivity contribution in [1.82, 2.24) is 18.3 Å². The van der Waals surface area contributed by atoms with Gasteiger partial charge in [0.2, 0.25) is 0 Å². The molecule has 15 heteroatoms. The largest absolute Gasteiger partial charge is 0.469 e. The van der Waals surface area contributed by atoms with Crippen LogP contribution in [0.15, 0.2) is 511 Å². The summed E-state index contributed by atoms with van der Waals surface area (Å²) in [5.41, 5.74) is 28.1. The van der Waals surface area contributed by atoms with Gasteiger partial charge in [-0.1, -0.05) is 266 Å². The predicted molar refractivity (Wildman–Crippen MR) is 597 cm³/mol. The maximum Gasteiger partial charge on any atom is 0.373 e. The van der Waals surface area contributed by atoms with E-state index in [1.54, 1.807) is 0 Å². The Hall–Kier alpha value is -18.1. The molecule has 12 nitrogen and oxygen atoms in total. The van der Waals surface area contributed by atoms with Gasteiger partial charge in [0, 0.05) is 154 Å². The summed E-state index contributed by atoms with van der Waals surface area (Å²) in [5, 5.41) is 28.1. The lowest BCUT2D eigenvalue weighted by Gasteiger charge is -2.25. The van der Waals surface area contributed by atoms with Gasteiger partial charge < -0.3 is 56.7 Å². The second kappa shape index (κ2) is 36.4. The van der Waals surface area contributed by atoms with Crippen LogP contribution in [0.2, 0.25) is 10.0 Å². The molecule has 0 unspecified atom stereocenters. The van der Waals surface area contributed by atoms with E-state index in [1.807, 2.05) is 78.9 Å². The Morgan fingerprint density at radius 1 is 0.203 bits per heavy atom. The summed E-state index contributed by atoms with van der Waals surface area (Å²) < 4.78 is 28.4. The van der Waals surface area contributed by atoms with Crippen molar-refractivity contribution in [2.75, 3.05) is 14.7 Å². The number of hydrogen-bond donors (Lipinski definition) is 1. The Bertz CT molecular complexity index is 9090. The highest BCUT2D eigenvalue weighted by Crippen LogP contribution is 2.50. The van der Waals surface area contributed by atoms with Gasteiger partial charge in [0.1, 0.15) is 28.3 Å². The molecule has 28 aromatic rings. The molecule has 21 aromatic carbocycles. The number of fused-ring (bicyclic) bond motifs is 21. The van der Waals surface area contributed by atoms with Crippen LogP contribution in [-0.2, 0) is 0 Å². The Labute approximate surface area is 832 Å². The van der Waals surface area contributed by atoms with Gasteiger partial charge >= 0.3 is 7.48 Å². The van der Waals surface area contributed by atoms with Crippen LogP contribution in [0.5, 0.6) is 0 Å². The fraction of sp³-hybridized carbons (Fsp3) is 0. The van der Waals surface area contributed by atoms with Gasteiger partial charge in [0.05, 0.1) is 49.8 Å². The molecule has 0 saturated heterocycles. The molecule has 0 aliphatic rings. The second-order valence-electron chi connectivity index (χ2n) is 35.7. The number of benzene rings is 21. The van der Waals surface area contributed by atoms with Crippen molar-refractivity contribution in [3.63, 3.8) is 0 Å². The van der Waals surface area contributed by atoms with E-state index in [-0.39, 0.29) is 5.48 Å². The van der Waals surface area contributed by atoms with E-state index in [9.17, 15) is 0 Å². The number of furan rings is 3. The second-order valence-corrected chi connectivity index (χ2v) is 36.6. The number of halogens is 2. The molecule has 0 aliphatic heterocycles. The van der Waals surface area contributed by atoms with Crippen molar-refractivity contribution in [3.05, 3.63) is 507 Å². The predicted octanol–water partition coefficient (Wildman–Crippen LogP) is 34.5. The molecule has 7 aromatic heterocycles. The highest BCUT2D eigenvalue weighted by molar-refractivity contribution is 6.44. The summed E-state index contributed by atoms with van der Waals surface area (Å²) in [6, 6.07) is 174. The molecule has 0 amide bonds. The van der Waals surface area contributed by atoms with Crippen LogP contribution in [0.1, 0.15) is 0 Å². The molecule has 7 heterocycles. The van der Waals surface area contributed by atoms with Gasteiger partial charge in [-0.05, 0) is 276 Å². The first-order chi connectivity index (χ1) is 70.2. The molecule has 0 atom stereocenters. The minimum absolute atomic E-state index is 0. The van der Waals surface area contributed by atoms with Crippen LogP contribution in [-0.4, -0.2) is 36.3 Å². The number of rotatable bonds is 16.